The highest BCUT2D eigenvalue weighted by molar-refractivity contribution is 8.18. The second-order valence-electron chi connectivity index (χ2n) is 5.03. The molecule has 0 saturated carbocycles. The molecule has 1 amide bonds. The molecule has 1 aliphatic rings. The summed E-state index contributed by atoms with van der Waals surface area (Å²) in [5.41, 5.74) is 0.814. The molecule has 1 saturated heterocycles. The summed E-state index contributed by atoms with van der Waals surface area (Å²) in [7, 11) is 4.99. The molecular weight excluding hydrogens is 300 g/mol. The summed E-state index contributed by atoms with van der Waals surface area (Å²) in [5.74, 6) is 1.23. The molecule has 5 nitrogen and oxygen atoms in total. The number of carbonyl (C=O) groups is 1. The molecule has 0 aromatic heterocycles. The molecule has 1 aliphatic heterocycles. The number of para-hydroxylation sites is 1. The Bertz CT molecular complexity index is 638. The molecule has 0 radical (unpaired) electrons. The fourth-order valence-electron chi connectivity index (χ4n) is 2.06. The van der Waals surface area contributed by atoms with Gasteiger partial charge in [-0.1, -0.05) is 12.1 Å². The van der Waals surface area contributed by atoms with E-state index in [-0.39, 0.29) is 12.0 Å². The van der Waals surface area contributed by atoms with Gasteiger partial charge in [0.05, 0.1) is 18.1 Å². The normalized spacial score (nSPS) is 18.6. The van der Waals surface area contributed by atoms with Crippen molar-refractivity contribution in [3.63, 3.8) is 0 Å². The van der Waals surface area contributed by atoms with Crippen LogP contribution in [0.25, 0.3) is 6.08 Å². The lowest BCUT2D eigenvalue weighted by Gasteiger charge is -2.16. The van der Waals surface area contributed by atoms with Crippen LogP contribution in [0.1, 0.15) is 19.4 Å². The van der Waals surface area contributed by atoms with E-state index in [1.54, 1.807) is 26.1 Å². The zero-order chi connectivity index (χ0) is 16.3. The van der Waals surface area contributed by atoms with E-state index in [1.807, 2.05) is 38.1 Å². The third-order valence-electron chi connectivity index (χ3n) is 3.06. The lowest BCUT2D eigenvalue weighted by atomic mass is 10.1. The topological polar surface area (TPSA) is 51.1 Å². The van der Waals surface area contributed by atoms with Gasteiger partial charge >= 0.3 is 0 Å². The van der Waals surface area contributed by atoms with Crippen LogP contribution in [0, 0.1) is 0 Å². The Balaban J connectivity index is 2.45. The summed E-state index contributed by atoms with van der Waals surface area (Å²) in [4.78, 5) is 18.5. The summed E-state index contributed by atoms with van der Waals surface area (Å²) in [6.45, 7) is 3.91. The number of thioether (sulfide) groups is 1. The molecule has 0 aliphatic carbocycles. The van der Waals surface area contributed by atoms with Crippen molar-refractivity contribution in [1.82, 2.24) is 4.90 Å². The van der Waals surface area contributed by atoms with Crippen molar-refractivity contribution in [2.75, 3.05) is 21.2 Å². The minimum Gasteiger partial charge on any atom is -0.493 e. The van der Waals surface area contributed by atoms with Gasteiger partial charge in [0.2, 0.25) is 0 Å². The van der Waals surface area contributed by atoms with E-state index < -0.39 is 0 Å². The molecule has 1 heterocycles. The number of carbonyl (C=O) groups excluding carboxylic acids is 1. The van der Waals surface area contributed by atoms with Gasteiger partial charge in [0.25, 0.3) is 5.91 Å². The van der Waals surface area contributed by atoms with Gasteiger partial charge in [-0.15, -0.1) is 0 Å². The van der Waals surface area contributed by atoms with Gasteiger partial charge in [-0.05, 0) is 37.8 Å². The Morgan fingerprint density at radius 2 is 2.09 bits per heavy atom. The Labute approximate surface area is 135 Å². The summed E-state index contributed by atoms with van der Waals surface area (Å²) < 4.78 is 11.2. The number of hydrogen-bond acceptors (Lipinski definition) is 5. The van der Waals surface area contributed by atoms with Gasteiger partial charge in [0, 0.05) is 19.7 Å². The number of likely N-dealkylation sites (N-methyl/N-ethyl adjacent to an activating group) is 1. The van der Waals surface area contributed by atoms with Gasteiger partial charge in [-0.25, -0.2) is 0 Å². The van der Waals surface area contributed by atoms with Gasteiger partial charge in [-0.3, -0.25) is 14.7 Å². The minimum atomic E-state index is -0.0658. The first-order valence-electron chi connectivity index (χ1n) is 6.96. The van der Waals surface area contributed by atoms with Crippen LogP contribution < -0.4 is 9.47 Å². The van der Waals surface area contributed by atoms with Crippen molar-refractivity contribution in [3.8, 4) is 11.5 Å². The van der Waals surface area contributed by atoms with E-state index in [4.69, 9.17) is 9.47 Å². The van der Waals surface area contributed by atoms with Crippen LogP contribution in [0.2, 0.25) is 0 Å². The number of hydrogen-bond donors (Lipinski definition) is 0. The van der Waals surface area contributed by atoms with Crippen LogP contribution in [0.5, 0.6) is 11.5 Å². The van der Waals surface area contributed by atoms with Crippen molar-refractivity contribution in [3.05, 3.63) is 28.7 Å². The van der Waals surface area contributed by atoms with Gasteiger partial charge in [0.1, 0.15) is 0 Å². The van der Waals surface area contributed by atoms with E-state index in [2.05, 4.69) is 4.99 Å². The smallest absolute Gasteiger partial charge is 0.266 e. The molecule has 2 rings (SSSR count). The fourth-order valence-corrected chi connectivity index (χ4v) is 2.98. The summed E-state index contributed by atoms with van der Waals surface area (Å²) in [6, 6.07) is 5.62. The number of aliphatic imine (C=N–C) groups is 1. The van der Waals surface area contributed by atoms with Gasteiger partial charge in [-0.2, -0.15) is 0 Å². The quantitative estimate of drug-likeness (QED) is 0.800. The number of nitrogens with zero attached hydrogens (tertiary/aromatic N) is 2. The number of amides is 1. The van der Waals surface area contributed by atoms with E-state index in [9.17, 15) is 4.79 Å². The molecule has 6 heteroatoms. The molecule has 0 bridgehead atoms. The van der Waals surface area contributed by atoms with Crippen LogP contribution in [0.3, 0.4) is 0 Å². The summed E-state index contributed by atoms with van der Waals surface area (Å²) in [5, 5.41) is 0.686. The molecule has 0 unspecified atom stereocenters. The third-order valence-corrected chi connectivity index (χ3v) is 4.22. The highest BCUT2D eigenvalue weighted by Crippen LogP contribution is 2.37. The number of methoxy groups -OCH3 is 1. The van der Waals surface area contributed by atoms with E-state index in [0.29, 0.717) is 21.6 Å². The highest BCUT2D eigenvalue weighted by Gasteiger charge is 2.30. The van der Waals surface area contributed by atoms with Crippen molar-refractivity contribution in [2.24, 2.45) is 4.99 Å². The predicted molar refractivity (Wildman–Crippen MR) is 90.5 cm³/mol. The van der Waals surface area contributed by atoms with Crippen molar-refractivity contribution in [2.45, 2.75) is 20.0 Å². The summed E-state index contributed by atoms with van der Waals surface area (Å²) in [6.07, 6.45) is 1.83. The maximum absolute atomic E-state index is 12.3. The molecule has 1 fully saturated rings. The second-order valence-corrected chi connectivity index (χ2v) is 6.04. The Kier molecular flexibility index (Phi) is 5.13. The molecule has 0 N–H and O–H groups in total. The zero-order valence-corrected chi connectivity index (χ0v) is 14.2. The minimum absolute atomic E-state index is 0.0100. The Hall–Kier alpha value is -1.95. The molecule has 0 atom stereocenters. The zero-order valence-electron chi connectivity index (χ0n) is 13.4. The average molecular weight is 320 g/mol. The number of rotatable bonds is 4. The lowest BCUT2D eigenvalue weighted by Crippen LogP contribution is -2.23. The van der Waals surface area contributed by atoms with E-state index >= 15 is 0 Å². The maximum Gasteiger partial charge on any atom is 0.266 e. The maximum atomic E-state index is 12.3. The van der Waals surface area contributed by atoms with E-state index in [1.165, 1.54) is 11.8 Å². The number of benzene rings is 1. The molecule has 22 heavy (non-hydrogen) atoms. The van der Waals surface area contributed by atoms with Crippen LogP contribution in [0.4, 0.5) is 0 Å². The SMILES string of the molecule is CN=C1S/C(=C\c2cccc(OC)c2OC(C)C)C(=O)N1C. The fraction of sp³-hybridized carbons (Fsp3) is 0.375. The predicted octanol–water partition coefficient (Wildman–Crippen LogP) is 3.01. The van der Waals surface area contributed by atoms with Gasteiger partial charge in [0.15, 0.2) is 16.7 Å². The first kappa shape index (κ1) is 16.4. The van der Waals surface area contributed by atoms with E-state index in [0.717, 1.165) is 5.56 Å². The van der Waals surface area contributed by atoms with Crippen LogP contribution in [-0.2, 0) is 4.79 Å². The summed E-state index contributed by atoms with van der Waals surface area (Å²) >= 11 is 1.35. The van der Waals surface area contributed by atoms with Crippen molar-refractivity contribution < 1.29 is 14.3 Å². The molecule has 118 valence electrons. The van der Waals surface area contributed by atoms with Crippen LogP contribution >= 0.6 is 11.8 Å². The second kappa shape index (κ2) is 6.87. The average Bonchev–Trinajstić information content (AvgIpc) is 2.76. The number of amidine groups is 1. The van der Waals surface area contributed by atoms with Crippen LogP contribution in [0.15, 0.2) is 28.1 Å². The molecular formula is C16H20N2O3S. The standard InChI is InChI=1S/C16H20N2O3S/c1-10(2)21-14-11(7-6-8-12(14)20-5)9-13-15(19)18(4)16(17-3)22-13/h6-10H,1-5H3/b13-9-,17-16?. The largest absolute Gasteiger partial charge is 0.493 e. The van der Waals surface area contributed by atoms with Gasteiger partial charge < -0.3 is 9.47 Å². The number of ether oxygens (including phenoxy) is 2. The lowest BCUT2D eigenvalue weighted by molar-refractivity contribution is -0.121. The first-order valence-corrected chi connectivity index (χ1v) is 7.77. The Morgan fingerprint density at radius 3 is 2.64 bits per heavy atom. The molecule has 0 spiro atoms. The van der Waals surface area contributed by atoms with Crippen molar-refractivity contribution in [1.29, 1.82) is 0 Å². The molecule has 1 aromatic carbocycles. The monoisotopic (exact) mass is 320 g/mol. The highest BCUT2D eigenvalue weighted by atomic mass is 32.2. The Morgan fingerprint density at radius 1 is 1.36 bits per heavy atom. The van der Waals surface area contributed by atoms with Crippen molar-refractivity contribution >= 4 is 28.9 Å². The molecule has 1 aromatic rings. The van der Waals surface area contributed by atoms with Crippen LogP contribution in [-0.4, -0.2) is 43.3 Å². The first-order chi connectivity index (χ1) is 10.5. The third kappa shape index (κ3) is 3.27.